The highest BCUT2D eigenvalue weighted by molar-refractivity contribution is 9.10. The predicted molar refractivity (Wildman–Crippen MR) is 92.2 cm³/mol. The van der Waals surface area contributed by atoms with Crippen LogP contribution in [0.25, 0.3) is 6.08 Å². The fraction of sp³-hybridized carbons (Fsp3) is 0.467. The van der Waals surface area contributed by atoms with Crippen molar-refractivity contribution in [1.82, 2.24) is 0 Å². The van der Waals surface area contributed by atoms with Crippen molar-refractivity contribution < 1.29 is 13.7 Å². The van der Waals surface area contributed by atoms with Gasteiger partial charge in [-0.3, -0.25) is 0 Å². The van der Waals surface area contributed by atoms with Crippen LogP contribution in [-0.2, 0) is 9.31 Å². The van der Waals surface area contributed by atoms with Crippen LogP contribution in [0, 0.1) is 5.82 Å². The molecule has 3 nitrogen and oxygen atoms in total. The molecule has 2 N–H and O–H groups in total. The van der Waals surface area contributed by atoms with E-state index in [4.69, 9.17) is 26.6 Å². The van der Waals surface area contributed by atoms with Crippen LogP contribution in [-0.4, -0.2) is 24.9 Å². The van der Waals surface area contributed by atoms with E-state index in [9.17, 15) is 4.39 Å². The van der Waals surface area contributed by atoms with Gasteiger partial charge in [-0.25, -0.2) is 4.39 Å². The molecule has 0 atom stereocenters. The first-order valence-electron chi connectivity index (χ1n) is 6.98. The van der Waals surface area contributed by atoms with Crippen molar-refractivity contribution in [2.75, 3.05) is 6.54 Å². The van der Waals surface area contributed by atoms with Crippen LogP contribution in [0.3, 0.4) is 0 Å². The molecular formula is C15H19BBrClFNO2. The quantitative estimate of drug-likeness (QED) is 0.786. The molecule has 1 aromatic rings. The largest absolute Gasteiger partial charge is 0.491 e. The Kier molecular flexibility index (Phi) is 5.10. The standard InChI is InChI=1S/C15H19BBrClFNO2/c1-14(2)15(3,4)22-16(21-14)9(8-20)5-11-12(17)6-10(18)7-13(11)19/h5-7H,8,20H2,1-4H3. The maximum Gasteiger partial charge on any atom is 0.491 e. The van der Waals surface area contributed by atoms with Gasteiger partial charge in [-0.05, 0) is 45.3 Å². The van der Waals surface area contributed by atoms with Gasteiger partial charge in [0.1, 0.15) is 5.82 Å². The highest BCUT2D eigenvalue weighted by Crippen LogP contribution is 2.39. The van der Waals surface area contributed by atoms with Gasteiger partial charge in [0, 0.05) is 21.6 Å². The summed E-state index contributed by atoms with van der Waals surface area (Å²) >= 11 is 9.15. The Labute approximate surface area is 144 Å². The van der Waals surface area contributed by atoms with Gasteiger partial charge in [-0.2, -0.15) is 0 Å². The average molecular weight is 390 g/mol. The SMILES string of the molecule is CC1(C)OB(C(=Cc2c(F)cc(Cl)cc2Br)CN)OC1(C)C. The second kappa shape index (κ2) is 6.25. The fourth-order valence-corrected chi connectivity index (χ4v) is 2.98. The van der Waals surface area contributed by atoms with Crippen LogP contribution in [0.2, 0.25) is 5.02 Å². The van der Waals surface area contributed by atoms with Crippen molar-refractivity contribution >= 4 is 40.7 Å². The summed E-state index contributed by atoms with van der Waals surface area (Å²) in [5.41, 5.74) is 5.92. The van der Waals surface area contributed by atoms with Crippen LogP contribution < -0.4 is 5.73 Å². The van der Waals surface area contributed by atoms with E-state index in [0.29, 0.717) is 20.5 Å². The molecule has 0 bridgehead atoms. The molecule has 7 heteroatoms. The molecule has 0 unspecified atom stereocenters. The predicted octanol–water partition coefficient (Wildman–Crippen LogP) is 4.22. The lowest BCUT2D eigenvalue weighted by Crippen LogP contribution is -2.41. The fourth-order valence-electron chi connectivity index (χ4n) is 2.09. The highest BCUT2D eigenvalue weighted by atomic mass is 79.9. The molecule has 0 radical (unpaired) electrons. The third kappa shape index (κ3) is 3.41. The van der Waals surface area contributed by atoms with Crippen molar-refractivity contribution in [3.8, 4) is 0 Å². The Hall–Kier alpha value is -0.395. The highest BCUT2D eigenvalue weighted by Gasteiger charge is 2.52. The van der Waals surface area contributed by atoms with Crippen molar-refractivity contribution in [3.63, 3.8) is 0 Å². The Morgan fingerprint density at radius 3 is 2.32 bits per heavy atom. The minimum absolute atomic E-state index is 0.200. The number of hydrogen-bond acceptors (Lipinski definition) is 3. The lowest BCUT2D eigenvalue weighted by atomic mass is 9.77. The first-order valence-corrected chi connectivity index (χ1v) is 8.15. The smallest absolute Gasteiger partial charge is 0.400 e. The van der Waals surface area contributed by atoms with E-state index in [0.717, 1.165) is 0 Å². The molecular weight excluding hydrogens is 371 g/mol. The topological polar surface area (TPSA) is 44.5 Å². The van der Waals surface area contributed by atoms with E-state index in [-0.39, 0.29) is 6.54 Å². The van der Waals surface area contributed by atoms with E-state index in [2.05, 4.69) is 15.9 Å². The number of rotatable bonds is 3. The number of halogens is 3. The summed E-state index contributed by atoms with van der Waals surface area (Å²) in [6.45, 7) is 8.03. The van der Waals surface area contributed by atoms with Gasteiger partial charge in [0.2, 0.25) is 0 Å². The van der Waals surface area contributed by atoms with Crippen LogP contribution in [0.15, 0.2) is 22.1 Å². The van der Waals surface area contributed by atoms with Crippen molar-refractivity contribution in [1.29, 1.82) is 0 Å². The van der Waals surface area contributed by atoms with Crippen LogP contribution in [0.4, 0.5) is 4.39 Å². The molecule has 1 heterocycles. The zero-order valence-electron chi connectivity index (χ0n) is 13.0. The van der Waals surface area contributed by atoms with Gasteiger partial charge in [0.15, 0.2) is 0 Å². The molecule has 0 aliphatic carbocycles. The molecule has 1 saturated heterocycles. The average Bonchev–Trinajstić information content (AvgIpc) is 2.57. The Morgan fingerprint density at radius 1 is 1.32 bits per heavy atom. The van der Waals surface area contributed by atoms with Gasteiger partial charge in [0.05, 0.1) is 11.2 Å². The number of benzene rings is 1. The second-order valence-electron chi connectivity index (χ2n) is 6.29. The first-order chi connectivity index (χ1) is 10.1. The Bertz CT molecular complexity index is 583. The molecule has 2 rings (SSSR count). The lowest BCUT2D eigenvalue weighted by molar-refractivity contribution is 0.00578. The number of nitrogens with two attached hydrogens (primary N) is 1. The van der Waals surface area contributed by atoms with Crippen LogP contribution in [0.5, 0.6) is 0 Å². The maximum atomic E-state index is 14.1. The molecule has 1 aromatic carbocycles. The maximum absolute atomic E-state index is 14.1. The van der Waals surface area contributed by atoms with E-state index >= 15 is 0 Å². The normalized spacial score (nSPS) is 20.5. The van der Waals surface area contributed by atoms with E-state index in [1.165, 1.54) is 6.07 Å². The summed E-state index contributed by atoms with van der Waals surface area (Å²) in [6, 6.07) is 2.89. The minimum Gasteiger partial charge on any atom is -0.400 e. The Morgan fingerprint density at radius 2 is 1.86 bits per heavy atom. The minimum atomic E-state index is -0.600. The lowest BCUT2D eigenvalue weighted by Gasteiger charge is -2.32. The summed E-state index contributed by atoms with van der Waals surface area (Å²) in [6.07, 6.45) is 1.65. The Balaban J connectivity index is 2.38. The molecule has 1 aliphatic rings. The van der Waals surface area contributed by atoms with E-state index in [1.807, 2.05) is 27.7 Å². The molecule has 1 aliphatic heterocycles. The van der Waals surface area contributed by atoms with Crippen LogP contribution in [0.1, 0.15) is 33.3 Å². The van der Waals surface area contributed by atoms with E-state index < -0.39 is 24.1 Å². The van der Waals surface area contributed by atoms with Crippen molar-refractivity contribution in [3.05, 3.63) is 38.5 Å². The summed E-state index contributed by atoms with van der Waals surface area (Å²) < 4.78 is 26.6. The second-order valence-corrected chi connectivity index (χ2v) is 7.59. The molecule has 120 valence electrons. The first kappa shape index (κ1) is 18.0. The monoisotopic (exact) mass is 389 g/mol. The molecule has 0 saturated carbocycles. The molecule has 0 amide bonds. The van der Waals surface area contributed by atoms with Crippen molar-refractivity contribution in [2.45, 2.75) is 38.9 Å². The van der Waals surface area contributed by atoms with Gasteiger partial charge >= 0.3 is 7.12 Å². The number of hydrogen-bond donors (Lipinski definition) is 1. The summed E-state index contributed by atoms with van der Waals surface area (Å²) in [7, 11) is -0.600. The summed E-state index contributed by atoms with van der Waals surface area (Å²) in [5.74, 6) is -0.429. The van der Waals surface area contributed by atoms with Crippen LogP contribution >= 0.6 is 27.5 Å². The van der Waals surface area contributed by atoms with Crippen molar-refractivity contribution in [2.24, 2.45) is 5.73 Å². The van der Waals surface area contributed by atoms with Gasteiger partial charge < -0.3 is 15.0 Å². The zero-order valence-corrected chi connectivity index (χ0v) is 15.4. The van der Waals surface area contributed by atoms with Gasteiger partial charge in [-0.1, -0.05) is 33.6 Å². The molecule has 0 spiro atoms. The molecule has 1 fully saturated rings. The zero-order chi connectivity index (χ0) is 16.7. The van der Waals surface area contributed by atoms with Gasteiger partial charge in [-0.15, -0.1) is 0 Å². The summed E-state index contributed by atoms with van der Waals surface area (Å²) in [4.78, 5) is 0. The molecule has 22 heavy (non-hydrogen) atoms. The third-order valence-electron chi connectivity index (χ3n) is 4.17. The van der Waals surface area contributed by atoms with Gasteiger partial charge in [0.25, 0.3) is 0 Å². The summed E-state index contributed by atoms with van der Waals surface area (Å²) in [5, 5.41) is 0.325. The third-order valence-corrected chi connectivity index (χ3v) is 5.04. The molecule has 0 aromatic heterocycles. The van der Waals surface area contributed by atoms with E-state index in [1.54, 1.807) is 12.1 Å².